The van der Waals surface area contributed by atoms with Gasteiger partial charge in [-0.05, 0) is 18.1 Å². The smallest absolute Gasteiger partial charge is 0.168 e. The number of nitrogens with one attached hydrogen (secondary N) is 1. The molecule has 1 aromatic rings. The molecule has 14 heavy (non-hydrogen) atoms. The summed E-state index contributed by atoms with van der Waals surface area (Å²) >= 11 is 0. The summed E-state index contributed by atoms with van der Waals surface area (Å²) in [5.74, 6) is 0.501. The van der Waals surface area contributed by atoms with Crippen molar-refractivity contribution in [3.63, 3.8) is 0 Å². The third-order valence-corrected chi connectivity index (χ3v) is 2.77. The highest BCUT2D eigenvalue weighted by molar-refractivity contribution is 5.98. The standard InChI is InChI=1S/C12H15NO/c1-2-9-4-3-5-10(6-9)12(14)11-7-13-8-11/h3-6,11,13H,2,7-8H2,1H3. The van der Waals surface area contributed by atoms with Crippen molar-refractivity contribution >= 4 is 5.78 Å². The van der Waals surface area contributed by atoms with E-state index < -0.39 is 0 Å². The molecule has 0 unspecified atom stereocenters. The van der Waals surface area contributed by atoms with Crippen LogP contribution in [0.4, 0.5) is 0 Å². The Labute approximate surface area is 84.3 Å². The fourth-order valence-electron chi connectivity index (χ4n) is 1.65. The van der Waals surface area contributed by atoms with E-state index in [1.807, 2.05) is 18.2 Å². The summed E-state index contributed by atoms with van der Waals surface area (Å²) in [4.78, 5) is 11.9. The fourth-order valence-corrected chi connectivity index (χ4v) is 1.65. The highest BCUT2D eigenvalue weighted by atomic mass is 16.1. The summed E-state index contributed by atoms with van der Waals surface area (Å²) in [6.45, 7) is 3.79. The molecule has 2 rings (SSSR count). The molecule has 0 radical (unpaired) electrons. The van der Waals surface area contributed by atoms with Gasteiger partial charge in [0.2, 0.25) is 0 Å². The van der Waals surface area contributed by atoms with Gasteiger partial charge in [-0.1, -0.05) is 25.1 Å². The quantitative estimate of drug-likeness (QED) is 0.732. The maximum atomic E-state index is 11.9. The highest BCUT2D eigenvalue weighted by Gasteiger charge is 2.25. The highest BCUT2D eigenvalue weighted by Crippen LogP contribution is 2.14. The zero-order chi connectivity index (χ0) is 9.97. The zero-order valence-corrected chi connectivity index (χ0v) is 8.42. The monoisotopic (exact) mass is 189 g/mol. The molecule has 1 saturated heterocycles. The first-order valence-corrected chi connectivity index (χ1v) is 5.15. The van der Waals surface area contributed by atoms with E-state index in [9.17, 15) is 4.79 Å². The number of hydrogen-bond acceptors (Lipinski definition) is 2. The van der Waals surface area contributed by atoms with E-state index in [1.165, 1.54) is 5.56 Å². The Kier molecular flexibility index (Phi) is 2.64. The third kappa shape index (κ3) is 1.70. The lowest BCUT2D eigenvalue weighted by Crippen LogP contribution is -2.46. The predicted molar refractivity (Wildman–Crippen MR) is 56.5 cm³/mol. The van der Waals surface area contributed by atoms with Crippen LogP contribution >= 0.6 is 0 Å². The largest absolute Gasteiger partial charge is 0.315 e. The van der Waals surface area contributed by atoms with E-state index in [-0.39, 0.29) is 5.92 Å². The van der Waals surface area contributed by atoms with Crippen LogP contribution in [-0.4, -0.2) is 18.9 Å². The van der Waals surface area contributed by atoms with Crippen LogP contribution in [0.1, 0.15) is 22.8 Å². The Morgan fingerprint density at radius 1 is 1.50 bits per heavy atom. The van der Waals surface area contributed by atoms with Gasteiger partial charge in [-0.3, -0.25) is 4.79 Å². The number of aryl methyl sites for hydroxylation is 1. The second-order valence-electron chi connectivity index (χ2n) is 3.77. The Bertz CT molecular complexity index is 342. The molecule has 1 fully saturated rings. The first-order chi connectivity index (χ1) is 6.81. The maximum Gasteiger partial charge on any atom is 0.168 e. The first-order valence-electron chi connectivity index (χ1n) is 5.15. The van der Waals surface area contributed by atoms with E-state index in [1.54, 1.807) is 0 Å². The van der Waals surface area contributed by atoms with Gasteiger partial charge in [-0.15, -0.1) is 0 Å². The van der Waals surface area contributed by atoms with Gasteiger partial charge in [0.25, 0.3) is 0 Å². The fraction of sp³-hybridized carbons (Fsp3) is 0.417. The lowest BCUT2D eigenvalue weighted by Gasteiger charge is -2.25. The predicted octanol–water partition coefficient (Wildman–Crippen LogP) is 1.65. The molecule has 0 atom stereocenters. The molecule has 1 aliphatic rings. The molecule has 1 N–H and O–H groups in total. The molecule has 2 nitrogen and oxygen atoms in total. The van der Waals surface area contributed by atoms with Crippen molar-refractivity contribution in [1.29, 1.82) is 0 Å². The van der Waals surface area contributed by atoms with Crippen LogP contribution in [0.5, 0.6) is 0 Å². The van der Waals surface area contributed by atoms with Crippen molar-refractivity contribution in [1.82, 2.24) is 5.32 Å². The van der Waals surface area contributed by atoms with Gasteiger partial charge in [0, 0.05) is 24.6 Å². The first kappa shape index (κ1) is 9.41. The molecule has 0 aliphatic carbocycles. The second-order valence-corrected chi connectivity index (χ2v) is 3.77. The lowest BCUT2D eigenvalue weighted by atomic mass is 9.92. The Morgan fingerprint density at radius 3 is 2.86 bits per heavy atom. The van der Waals surface area contributed by atoms with E-state index in [0.29, 0.717) is 5.78 Å². The Balaban J connectivity index is 2.18. The van der Waals surface area contributed by atoms with Crippen molar-refractivity contribution in [2.45, 2.75) is 13.3 Å². The summed E-state index contributed by atoms with van der Waals surface area (Å²) in [5.41, 5.74) is 2.11. The van der Waals surface area contributed by atoms with Crippen molar-refractivity contribution in [3.8, 4) is 0 Å². The van der Waals surface area contributed by atoms with Crippen LogP contribution in [0.25, 0.3) is 0 Å². The number of hydrogen-bond donors (Lipinski definition) is 1. The van der Waals surface area contributed by atoms with Gasteiger partial charge in [0.15, 0.2) is 5.78 Å². The minimum absolute atomic E-state index is 0.210. The van der Waals surface area contributed by atoms with Gasteiger partial charge in [-0.2, -0.15) is 0 Å². The van der Waals surface area contributed by atoms with Gasteiger partial charge in [-0.25, -0.2) is 0 Å². The lowest BCUT2D eigenvalue weighted by molar-refractivity contribution is 0.0878. The van der Waals surface area contributed by atoms with Crippen LogP contribution in [0, 0.1) is 5.92 Å². The molecule has 1 aliphatic heterocycles. The Hall–Kier alpha value is -1.15. The van der Waals surface area contributed by atoms with Crippen molar-refractivity contribution < 1.29 is 4.79 Å². The molecule has 0 spiro atoms. The molecule has 0 aromatic heterocycles. The molecule has 74 valence electrons. The maximum absolute atomic E-state index is 11.9. The van der Waals surface area contributed by atoms with Gasteiger partial charge in [0.05, 0.1) is 0 Å². The number of Topliss-reactive ketones (excluding diaryl/α,β-unsaturated/α-hetero) is 1. The molecule has 0 saturated carbocycles. The molecule has 1 aromatic carbocycles. The summed E-state index contributed by atoms with van der Waals surface area (Å²) in [6, 6.07) is 7.97. The van der Waals surface area contributed by atoms with E-state index in [4.69, 9.17) is 0 Å². The van der Waals surface area contributed by atoms with Crippen molar-refractivity contribution in [2.24, 2.45) is 5.92 Å². The molecule has 1 heterocycles. The van der Waals surface area contributed by atoms with Gasteiger partial charge in [0.1, 0.15) is 0 Å². The van der Waals surface area contributed by atoms with Gasteiger partial charge >= 0.3 is 0 Å². The zero-order valence-electron chi connectivity index (χ0n) is 8.42. The SMILES string of the molecule is CCc1cccc(C(=O)C2CNC2)c1. The number of carbonyl (C=O) groups excluding carboxylic acids is 1. The van der Waals surface area contributed by atoms with Crippen LogP contribution in [0.15, 0.2) is 24.3 Å². The van der Waals surface area contributed by atoms with Crippen LogP contribution in [-0.2, 0) is 6.42 Å². The van der Waals surface area contributed by atoms with Gasteiger partial charge < -0.3 is 5.32 Å². The van der Waals surface area contributed by atoms with E-state index in [2.05, 4.69) is 18.3 Å². The summed E-state index contributed by atoms with van der Waals surface area (Å²) < 4.78 is 0. The summed E-state index contributed by atoms with van der Waals surface area (Å²) in [5, 5.41) is 3.12. The summed E-state index contributed by atoms with van der Waals surface area (Å²) in [7, 11) is 0. The molecule has 0 amide bonds. The van der Waals surface area contributed by atoms with Crippen LogP contribution in [0.3, 0.4) is 0 Å². The average Bonchev–Trinajstić information content (AvgIpc) is 2.15. The number of benzene rings is 1. The molecule has 0 bridgehead atoms. The second kappa shape index (κ2) is 3.93. The van der Waals surface area contributed by atoms with Crippen LogP contribution in [0.2, 0.25) is 0 Å². The van der Waals surface area contributed by atoms with Crippen molar-refractivity contribution in [2.75, 3.05) is 13.1 Å². The minimum atomic E-state index is 0.210. The minimum Gasteiger partial charge on any atom is -0.315 e. The van der Waals surface area contributed by atoms with E-state index in [0.717, 1.165) is 25.1 Å². The molecular formula is C12H15NO. The summed E-state index contributed by atoms with van der Waals surface area (Å²) in [6.07, 6.45) is 0.990. The number of carbonyl (C=O) groups is 1. The molecule has 2 heteroatoms. The normalized spacial score (nSPS) is 16.4. The number of ketones is 1. The number of rotatable bonds is 3. The third-order valence-electron chi connectivity index (χ3n) is 2.77. The van der Waals surface area contributed by atoms with Crippen molar-refractivity contribution in [3.05, 3.63) is 35.4 Å². The average molecular weight is 189 g/mol. The van der Waals surface area contributed by atoms with Crippen LogP contribution < -0.4 is 5.32 Å². The Morgan fingerprint density at radius 2 is 2.29 bits per heavy atom. The molecular weight excluding hydrogens is 174 g/mol. The topological polar surface area (TPSA) is 29.1 Å². The van der Waals surface area contributed by atoms with E-state index >= 15 is 0 Å².